The third kappa shape index (κ3) is 7.22. The average molecular weight is 754 g/mol. The van der Waals surface area contributed by atoms with Crippen LogP contribution in [0.3, 0.4) is 0 Å². The lowest BCUT2D eigenvalue weighted by molar-refractivity contribution is -0.886. The Balaban J connectivity index is 1.06. The molecule has 0 saturated carbocycles. The molecular formula is C48H57N4O4+3. The number of ether oxygens (including phenoxy) is 2. The monoisotopic (exact) mass is 753 g/mol. The minimum Gasteiger partial charge on any atom is -0.456 e. The van der Waals surface area contributed by atoms with Gasteiger partial charge in [0.15, 0.2) is 17.2 Å². The number of anilines is 1. The molecule has 0 fully saturated rings. The number of quaternary nitrogens is 3. The Bertz CT molecular complexity index is 2570. The summed E-state index contributed by atoms with van der Waals surface area (Å²) in [5, 5.41) is 4.43. The second kappa shape index (κ2) is 13.6. The zero-order chi connectivity index (χ0) is 39.0. The third-order valence-corrected chi connectivity index (χ3v) is 11.5. The van der Waals surface area contributed by atoms with Gasteiger partial charge in [0.25, 0.3) is 6.23 Å². The quantitative estimate of drug-likeness (QED) is 0.141. The first kappa shape index (κ1) is 36.6. The smallest absolute Gasteiger partial charge is 0.257 e. The number of hydrogen-bond donors (Lipinski definition) is 1. The van der Waals surface area contributed by atoms with Crippen LogP contribution in [0.1, 0.15) is 39.5 Å². The molecule has 2 atom stereocenters. The number of furan rings is 2. The summed E-state index contributed by atoms with van der Waals surface area (Å²) in [5.41, 5.74) is 8.52. The normalized spacial score (nSPS) is 21.0. The van der Waals surface area contributed by atoms with Crippen LogP contribution in [0.4, 0.5) is 11.4 Å². The third-order valence-electron chi connectivity index (χ3n) is 11.5. The van der Waals surface area contributed by atoms with Crippen molar-refractivity contribution >= 4 is 55.3 Å². The van der Waals surface area contributed by atoms with E-state index in [1.165, 1.54) is 21.7 Å². The van der Waals surface area contributed by atoms with Gasteiger partial charge in [-0.05, 0) is 53.7 Å². The first-order chi connectivity index (χ1) is 26.7. The zero-order valence-electron chi connectivity index (χ0n) is 34.4. The van der Waals surface area contributed by atoms with Gasteiger partial charge in [-0.15, -0.1) is 0 Å². The number of benzene rings is 4. The highest BCUT2D eigenvalue weighted by molar-refractivity contribution is 6.07. The minimum atomic E-state index is -0.131. The summed E-state index contributed by atoms with van der Waals surface area (Å²) < 4.78 is 28.3. The summed E-state index contributed by atoms with van der Waals surface area (Å²) in [4.78, 5) is 3.70. The first-order valence-electron chi connectivity index (χ1n) is 20.3. The van der Waals surface area contributed by atoms with E-state index in [1.54, 1.807) is 0 Å². The second-order valence-corrected chi connectivity index (χ2v) is 19.1. The van der Waals surface area contributed by atoms with E-state index in [2.05, 4.69) is 128 Å². The van der Waals surface area contributed by atoms with Crippen molar-refractivity contribution in [1.82, 2.24) is 0 Å². The van der Waals surface area contributed by atoms with Gasteiger partial charge < -0.3 is 32.2 Å². The SMILES string of the molecule is CC1(C)CC(C=C2Oc3cc4c(cc3N2CCC[N+](C)(C)C)oc2ccccc24)=CC(=CC2Oc3cc4c(cc3[NH+]2CCC[N+](C)(C)C)oc2ccccc24)C1. The molecule has 4 aromatic carbocycles. The van der Waals surface area contributed by atoms with Gasteiger partial charge in [-0.25, -0.2) is 0 Å². The Hall–Kier alpha value is -5.02. The number of nitrogens with one attached hydrogen (secondary N) is 1. The molecule has 0 amide bonds. The van der Waals surface area contributed by atoms with E-state index in [9.17, 15) is 0 Å². The molecule has 1 N–H and O–H groups in total. The molecule has 0 spiro atoms. The Morgan fingerprint density at radius 1 is 0.732 bits per heavy atom. The molecule has 1 aliphatic carbocycles. The van der Waals surface area contributed by atoms with Crippen molar-refractivity contribution in [2.45, 2.75) is 45.8 Å². The van der Waals surface area contributed by atoms with Crippen molar-refractivity contribution < 1.29 is 32.2 Å². The highest BCUT2D eigenvalue weighted by Gasteiger charge is 2.38. The van der Waals surface area contributed by atoms with Crippen LogP contribution in [0.2, 0.25) is 0 Å². The van der Waals surface area contributed by atoms with Crippen molar-refractivity contribution in [3.8, 4) is 11.5 Å². The maximum atomic E-state index is 6.91. The molecule has 2 unspecified atom stereocenters. The van der Waals surface area contributed by atoms with Gasteiger partial charge >= 0.3 is 0 Å². The summed E-state index contributed by atoms with van der Waals surface area (Å²) in [6.45, 7) is 8.74. The van der Waals surface area contributed by atoms with E-state index in [0.717, 1.165) is 128 Å². The van der Waals surface area contributed by atoms with Crippen molar-refractivity contribution in [2.24, 2.45) is 5.41 Å². The topological polar surface area (TPSA) is 52.4 Å². The average Bonchev–Trinajstić information content (AvgIpc) is 3.85. The van der Waals surface area contributed by atoms with Crippen LogP contribution in [0.25, 0.3) is 43.9 Å². The first-order valence-corrected chi connectivity index (χ1v) is 20.3. The lowest BCUT2D eigenvalue weighted by Crippen LogP contribution is -3.10. The molecule has 6 aromatic rings. The van der Waals surface area contributed by atoms with E-state index in [0.29, 0.717) is 0 Å². The van der Waals surface area contributed by atoms with Crippen LogP contribution in [0.5, 0.6) is 11.5 Å². The molecule has 0 saturated heterocycles. The summed E-state index contributed by atoms with van der Waals surface area (Å²) in [7, 11) is 13.6. The maximum Gasteiger partial charge on any atom is 0.257 e. The van der Waals surface area contributed by atoms with Crippen molar-refractivity contribution in [1.29, 1.82) is 0 Å². The Morgan fingerprint density at radius 2 is 1.36 bits per heavy atom. The number of fused-ring (bicyclic) bond motifs is 8. The maximum absolute atomic E-state index is 6.91. The Morgan fingerprint density at radius 3 is 2.04 bits per heavy atom. The number of para-hydroxylation sites is 2. The molecular weight excluding hydrogens is 697 g/mol. The summed E-state index contributed by atoms with van der Waals surface area (Å²) >= 11 is 0. The van der Waals surface area contributed by atoms with Crippen LogP contribution in [0, 0.1) is 5.41 Å². The molecule has 3 aliphatic rings. The largest absolute Gasteiger partial charge is 0.456 e. The van der Waals surface area contributed by atoms with Crippen LogP contribution in [-0.4, -0.2) is 83.7 Å². The molecule has 2 aromatic heterocycles. The minimum absolute atomic E-state index is 0.0692. The Labute approximate surface area is 330 Å². The van der Waals surface area contributed by atoms with Gasteiger partial charge in [0.2, 0.25) is 5.88 Å². The number of rotatable bonds is 10. The lowest BCUT2D eigenvalue weighted by Gasteiger charge is -2.31. The van der Waals surface area contributed by atoms with Gasteiger partial charge in [0, 0.05) is 65.2 Å². The highest BCUT2D eigenvalue weighted by atomic mass is 16.5. The number of allylic oxidation sites excluding steroid dienone is 4. The summed E-state index contributed by atoms with van der Waals surface area (Å²) in [6, 6.07) is 25.3. The highest BCUT2D eigenvalue weighted by Crippen LogP contribution is 2.46. The standard InChI is InChI=1S/C48H56N4O4/c1-48(2)30-32(24-46-49(19-13-21-51(3,4)5)38-28-42-36(26-44(38)55-46)34-15-9-11-17-40(34)53-42)23-33(31-48)25-47-50(20-14-22-52(6,7)8)39-29-43-37(27-45(39)56-47)35-16-10-12-18-41(35)54-43/h9-12,15-18,23-29,46H,13-14,19-22,30-31H2,1-8H3/q+2/p+1. The number of hydrogen-bond acceptors (Lipinski definition) is 5. The van der Waals surface area contributed by atoms with E-state index >= 15 is 0 Å². The molecule has 8 nitrogen and oxygen atoms in total. The van der Waals surface area contributed by atoms with Gasteiger partial charge in [-0.3, -0.25) is 4.90 Å². The van der Waals surface area contributed by atoms with Gasteiger partial charge in [-0.2, -0.15) is 0 Å². The van der Waals surface area contributed by atoms with Crippen LogP contribution >= 0.6 is 0 Å². The van der Waals surface area contributed by atoms with Crippen molar-refractivity contribution in [3.05, 3.63) is 108 Å². The van der Waals surface area contributed by atoms with Gasteiger partial charge in [-0.1, -0.05) is 56.3 Å². The van der Waals surface area contributed by atoms with E-state index in [4.69, 9.17) is 18.3 Å². The fourth-order valence-electron chi connectivity index (χ4n) is 9.04. The van der Waals surface area contributed by atoms with Crippen molar-refractivity contribution in [3.63, 3.8) is 0 Å². The molecule has 8 heteroatoms. The fraction of sp³-hybridized carbons (Fsp3) is 0.375. The Kier molecular flexibility index (Phi) is 8.87. The number of nitrogens with zero attached hydrogens (tertiary/aromatic N) is 3. The van der Waals surface area contributed by atoms with Crippen LogP contribution in [0.15, 0.2) is 117 Å². The molecule has 0 bridgehead atoms. The molecule has 290 valence electrons. The van der Waals surface area contributed by atoms with Gasteiger partial charge in [0.05, 0.1) is 67.6 Å². The van der Waals surface area contributed by atoms with E-state index in [-0.39, 0.29) is 11.6 Å². The molecule has 9 rings (SSSR count). The summed E-state index contributed by atoms with van der Waals surface area (Å²) in [5.74, 6) is 2.72. The summed E-state index contributed by atoms with van der Waals surface area (Å²) in [6.07, 6.45) is 11.0. The lowest BCUT2D eigenvalue weighted by atomic mass is 9.75. The molecule has 0 radical (unpaired) electrons. The molecule has 56 heavy (non-hydrogen) atoms. The van der Waals surface area contributed by atoms with Crippen LogP contribution in [-0.2, 0) is 0 Å². The predicted octanol–water partition coefficient (Wildman–Crippen LogP) is 9.33. The van der Waals surface area contributed by atoms with Crippen LogP contribution < -0.4 is 19.3 Å². The van der Waals surface area contributed by atoms with Crippen molar-refractivity contribution in [2.75, 3.05) is 73.4 Å². The van der Waals surface area contributed by atoms with E-state index < -0.39 is 0 Å². The molecule has 2 aliphatic heterocycles. The zero-order valence-corrected chi connectivity index (χ0v) is 34.4. The molecule has 4 heterocycles. The predicted molar refractivity (Wildman–Crippen MR) is 228 cm³/mol. The second-order valence-electron chi connectivity index (χ2n) is 19.1. The van der Waals surface area contributed by atoms with E-state index in [1.807, 2.05) is 24.3 Å². The fourth-order valence-corrected chi connectivity index (χ4v) is 9.04. The van der Waals surface area contributed by atoms with Gasteiger partial charge in [0.1, 0.15) is 22.3 Å².